The first-order valence-electron chi connectivity index (χ1n) is 11.2. The molecule has 1 aromatic carbocycles. The van der Waals surface area contributed by atoms with E-state index < -0.39 is 0 Å². The minimum atomic E-state index is 0.0316. The molecule has 0 fully saturated rings. The molecule has 2 aliphatic rings. The lowest BCUT2D eigenvalue weighted by molar-refractivity contribution is -0.132. The van der Waals surface area contributed by atoms with Gasteiger partial charge in [-0.15, -0.1) is 0 Å². The van der Waals surface area contributed by atoms with Gasteiger partial charge in [-0.05, 0) is 55.7 Å². The predicted octanol–water partition coefficient (Wildman–Crippen LogP) is 5.30. The Labute approximate surface area is 176 Å². The van der Waals surface area contributed by atoms with Crippen LogP contribution in [0.1, 0.15) is 71.4 Å². The van der Waals surface area contributed by atoms with Crippen molar-refractivity contribution < 1.29 is 9.53 Å². The average molecular weight is 399 g/mol. The van der Waals surface area contributed by atoms with E-state index in [-0.39, 0.29) is 11.3 Å². The van der Waals surface area contributed by atoms with Crippen LogP contribution in [0.5, 0.6) is 5.75 Å². The fourth-order valence-corrected chi connectivity index (χ4v) is 4.30. The number of benzene rings is 1. The maximum absolute atomic E-state index is 12.6. The van der Waals surface area contributed by atoms with Crippen LogP contribution in [0.4, 0.5) is 5.69 Å². The molecule has 0 spiro atoms. The van der Waals surface area contributed by atoms with Gasteiger partial charge in [0.2, 0.25) is 5.91 Å². The van der Waals surface area contributed by atoms with Gasteiger partial charge in [-0.1, -0.05) is 33.8 Å². The van der Waals surface area contributed by atoms with Gasteiger partial charge in [0.25, 0.3) is 0 Å². The Morgan fingerprint density at radius 2 is 2.00 bits per heavy atom. The van der Waals surface area contributed by atoms with Gasteiger partial charge < -0.3 is 14.5 Å². The van der Waals surface area contributed by atoms with Gasteiger partial charge in [0.1, 0.15) is 5.75 Å². The summed E-state index contributed by atoms with van der Waals surface area (Å²) >= 11 is 0. The van der Waals surface area contributed by atoms with Crippen molar-refractivity contribution in [2.45, 2.75) is 72.8 Å². The van der Waals surface area contributed by atoms with Gasteiger partial charge in [0.15, 0.2) is 0 Å². The number of carbonyl (C=O) groups excluding carboxylic acids is 1. The molecule has 3 rings (SSSR count). The fourth-order valence-electron chi connectivity index (χ4n) is 4.30. The molecule has 0 N–H and O–H groups in total. The van der Waals surface area contributed by atoms with Crippen LogP contribution >= 0.6 is 0 Å². The molecule has 1 atom stereocenters. The standard InChI is InChI=1S/C25H38N2O2/c1-7-16-29-24-20(10-11-22-21(24)9-8-18(2)26(22)6)19-12-14-27(15-13-19)23(28)17-25(3,4)5/h10-12,18H,7-9,13-17H2,1-6H3. The van der Waals surface area contributed by atoms with Gasteiger partial charge in [0, 0.05) is 49.4 Å². The van der Waals surface area contributed by atoms with Gasteiger partial charge >= 0.3 is 0 Å². The molecule has 1 unspecified atom stereocenters. The van der Waals surface area contributed by atoms with Crippen LogP contribution in [0.2, 0.25) is 0 Å². The Hall–Kier alpha value is -1.97. The lowest BCUT2D eigenvalue weighted by Gasteiger charge is -2.36. The number of nitrogens with zero attached hydrogens (tertiary/aromatic N) is 2. The molecule has 2 aliphatic heterocycles. The first-order chi connectivity index (χ1) is 13.7. The Morgan fingerprint density at radius 3 is 2.62 bits per heavy atom. The van der Waals surface area contributed by atoms with Crippen LogP contribution in [0.15, 0.2) is 18.2 Å². The first-order valence-corrected chi connectivity index (χ1v) is 11.2. The maximum Gasteiger partial charge on any atom is 0.223 e. The van der Waals surface area contributed by atoms with Gasteiger partial charge in [-0.25, -0.2) is 0 Å². The first kappa shape index (κ1) is 21.7. The second-order valence-electron chi connectivity index (χ2n) is 9.84. The van der Waals surface area contributed by atoms with Crippen LogP contribution in [-0.4, -0.2) is 43.6 Å². The van der Waals surface area contributed by atoms with Crippen molar-refractivity contribution >= 4 is 17.2 Å². The van der Waals surface area contributed by atoms with E-state index in [1.165, 1.54) is 22.4 Å². The molecule has 4 heteroatoms. The lowest BCUT2D eigenvalue weighted by Crippen LogP contribution is -2.36. The molecule has 0 aliphatic carbocycles. The summed E-state index contributed by atoms with van der Waals surface area (Å²) in [4.78, 5) is 17.0. The molecule has 29 heavy (non-hydrogen) atoms. The Morgan fingerprint density at radius 1 is 1.24 bits per heavy atom. The van der Waals surface area contributed by atoms with E-state index in [4.69, 9.17) is 4.74 Å². The molecule has 0 radical (unpaired) electrons. The van der Waals surface area contributed by atoms with Crippen LogP contribution < -0.4 is 9.64 Å². The number of amides is 1. The summed E-state index contributed by atoms with van der Waals surface area (Å²) in [5.74, 6) is 1.33. The van der Waals surface area contributed by atoms with Crippen LogP contribution in [0.3, 0.4) is 0 Å². The maximum atomic E-state index is 12.6. The SMILES string of the molecule is CCCOc1c(C2=CCN(C(=O)CC(C)(C)C)CC2)ccc2c1CCC(C)N2C. The summed E-state index contributed by atoms with van der Waals surface area (Å²) in [6.07, 6.45) is 6.96. The van der Waals surface area contributed by atoms with Crippen molar-refractivity contribution in [2.75, 3.05) is 31.6 Å². The summed E-state index contributed by atoms with van der Waals surface area (Å²) in [5.41, 5.74) is 5.23. The monoisotopic (exact) mass is 398 g/mol. The number of rotatable bonds is 5. The van der Waals surface area contributed by atoms with E-state index in [1.54, 1.807) is 0 Å². The second-order valence-corrected chi connectivity index (χ2v) is 9.84. The zero-order valence-electron chi connectivity index (χ0n) is 19.2. The zero-order chi connectivity index (χ0) is 21.2. The third-order valence-corrected chi connectivity index (χ3v) is 6.13. The molecule has 0 saturated heterocycles. The Bertz CT molecular complexity index is 776. The van der Waals surface area contributed by atoms with E-state index >= 15 is 0 Å². The molecule has 0 aromatic heterocycles. The highest BCUT2D eigenvalue weighted by Crippen LogP contribution is 2.42. The average Bonchev–Trinajstić information content (AvgIpc) is 2.67. The second kappa shape index (κ2) is 8.81. The molecular formula is C25H38N2O2. The Balaban J connectivity index is 1.86. The predicted molar refractivity (Wildman–Crippen MR) is 122 cm³/mol. The Kier molecular flexibility index (Phi) is 6.60. The number of fused-ring (bicyclic) bond motifs is 1. The molecule has 4 nitrogen and oxygen atoms in total. The van der Waals surface area contributed by atoms with Gasteiger partial charge in [-0.3, -0.25) is 4.79 Å². The van der Waals surface area contributed by atoms with Crippen LogP contribution in [0, 0.1) is 5.41 Å². The fraction of sp³-hybridized carbons (Fsp3) is 0.640. The van der Waals surface area contributed by atoms with Crippen molar-refractivity contribution in [2.24, 2.45) is 5.41 Å². The van der Waals surface area contributed by atoms with Crippen molar-refractivity contribution in [3.63, 3.8) is 0 Å². The van der Waals surface area contributed by atoms with Crippen LogP contribution in [0.25, 0.3) is 5.57 Å². The summed E-state index contributed by atoms with van der Waals surface area (Å²) in [6, 6.07) is 5.05. The quantitative estimate of drug-likeness (QED) is 0.675. The topological polar surface area (TPSA) is 32.8 Å². The third kappa shape index (κ3) is 4.96. The summed E-state index contributed by atoms with van der Waals surface area (Å²) < 4.78 is 6.31. The summed E-state index contributed by atoms with van der Waals surface area (Å²) in [5, 5.41) is 0. The highest BCUT2D eigenvalue weighted by molar-refractivity contribution is 5.81. The molecule has 1 aromatic rings. The van der Waals surface area contributed by atoms with Crippen molar-refractivity contribution in [3.8, 4) is 5.75 Å². The minimum Gasteiger partial charge on any atom is -0.493 e. The molecule has 1 amide bonds. The third-order valence-electron chi connectivity index (χ3n) is 6.13. The van der Waals surface area contributed by atoms with E-state index in [2.05, 4.69) is 64.8 Å². The number of anilines is 1. The smallest absolute Gasteiger partial charge is 0.223 e. The van der Waals surface area contributed by atoms with Crippen LogP contribution in [-0.2, 0) is 11.2 Å². The largest absolute Gasteiger partial charge is 0.493 e. The molecular weight excluding hydrogens is 360 g/mol. The highest BCUT2D eigenvalue weighted by Gasteiger charge is 2.28. The normalized spacial score (nSPS) is 19.7. The number of carbonyl (C=O) groups is 1. The van der Waals surface area contributed by atoms with Gasteiger partial charge in [-0.2, -0.15) is 0 Å². The van der Waals surface area contributed by atoms with E-state index in [0.717, 1.165) is 44.6 Å². The van der Waals surface area contributed by atoms with E-state index in [9.17, 15) is 4.79 Å². The van der Waals surface area contributed by atoms with Crippen molar-refractivity contribution in [1.82, 2.24) is 4.90 Å². The summed E-state index contributed by atoms with van der Waals surface area (Å²) in [7, 11) is 2.19. The van der Waals surface area contributed by atoms with Crippen molar-refractivity contribution in [3.05, 3.63) is 29.3 Å². The number of ether oxygens (including phenoxy) is 1. The number of hydrogen-bond donors (Lipinski definition) is 0. The zero-order valence-corrected chi connectivity index (χ0v) is 19.2. The molecule has 0 bridgehead atoms. The number of hydrogen-bond acceptors (Lipinski definition) is 3. The highest BCUT2D eigenvalue weighted by atomic mass is 16.5. The molecule has 160 valence electrons. The lowest BCUT2D eigenvalue weighted by atomic mass is 9.89. The molecule has 0 saturated carbocycles. The molecule has 2 heterocycles. The van der Waals surface area contributed by atoms with E-state index in [0.29, 0.717) is 19.0 Å². The van der Waals surface area contributed by atoms with E-state index in [1.807, 2.05) is 4.90 Å². The summed E-state index contributed by atoms with van der Waals surface area (Å²) in [6.45, 7) is 13.0. The minimum absolute atomic E-state index is 0.0316. The van der Waals surface area contributed by atoms with Crippen molar-refractivity contribution in [1.29, 1.82) is 0 Å². The van der Waals surface area contributed by atoms with Gasteiger partial charge in [0.05, 0.1) is 6.61 Å².